The van der Waals surface area contributed by atoms with Crippen LogP contribution < -0.4 is 4.74 Å². The van der Waals surface area contributed by atoms with Crippen LogP contribution in [-0.2, 0) is 4.74 Å². The number of esters is 1. The second-order valence-corrected chi connectivity index (χ2v) is 4.58. The number of carbonyl (C=O) groups excluding carboxylic acids is 1. The number of ether oxygens (including phenoxy) is 2. The van der Waals surface area contributed by atoms with Gasteiger partial charge in [0, 0.05) is 13.8 Å². The molecule has 0 aliphatic carbocycles. The number of fused-ring (bicyclic) bond motifs is 1. The molecule has 0 bridgehead atoms. The molecule has 0 saturated carbocycles. The minimum Gasteiger partial charge on any atom is -0.452 e. The summed E-state index contributed by atoms with van der Waals surface area (Å²) in [5.74, 6) is -0.810. The number of benzene rings is 1. The van der Waals surface area contributed by atoms with Crippen LogP contribution in [0.2, 0.25) is 0 Å². The zero-order valence-corrected chi connectivity index (χ0v) is 10.9. The highest BCUT2D eigenvalue weighted by molar-refractivity contribution is 5.97. The van der Waals surface area contributed by atoms with Crippen molar-refractivity contribution < 1.29 is 19.4 Å². The van der Waals surface area contributed by atoms with E-state index in [-0.39, 0.29) is 6.61 Å². The standard InChI is InChI=1S/C15H16O4/c1-15(2)18-12-9-6-8-11(7-4-3-5-10-16)13(12)14(17)19-15/h3-9,16H,10H2,1-2H3/b5-3+,7-4+. The van der Waals surface area contributed by atoms with Crippen LogP contribution in [0.5, 0.6) is 5.75 Å². The smallest absolute Gasteiger partial charge is 0.345 e. The van der Waals surface area contributed by atoms with Gasteiger partial charge in [-0.1, -0.05) is 36.4 Å². The second kappa shape index (κ2) is 5.28. The van der Waals surface area contributed by atoms with Crippen molar-refractivity contribution in [3.63, 3.8) is 0 Å². The minimum absolute atomic E-state index is 0.0173. The van der Waals surface area contributed by atoms with E-state index < -0.39 is 11.8 Å². The Bertz CT molecular complexity index is 541. The van der Waals surface area contributed by atoms with Crippen molar-refractivity contribution in [3.05, 3.63) is 47.6 Å². The Morgan fingerprint density at radius 2 is 2.05 bits per heavy atom. The van der Waals surface area contributed by atoms with Crippen LogP contribution in [0.4, 0.5) is 0 Å². The van der Waals surface area contributed by atoms with Crippen molar-refractivity contribution in [3.8, 4) is 5.75 Å². The van der Waals surface area contributed by atoms with Crippen molar-refractivity contribution >= 4 is 12.0 Å². The van der Waals surface area contributed by atoms with Crippen molar-refractivity contribution in [1.82, 2.24) is 0 Å². The molecule has 0 saturated heterocycles. The molecule has 4 heteroatoms. The molecule has 19 heavy (non-hydrogen) atoms. The van der Waals surface area contributed by atoms with E-state index >= 15 is 0 Å². The molecule has 0 spiro atoms. The van der Waals surface area contributed by atoms with E-state index in [9.17, 15) is 4.79 Å². The van der Waals surface area contributed by atoms with Gasteiger partial charge in [-0.25, -0.2) is 4.79 Å². The summed E-state index contributed by atoms with van der Waals surface area (Å²) >= 11 is 0. The lowest BCUT2D eigenvalue weighted by molar-refractivity contribution is -0.127. The first-order valence-corrected chi connectivity index (χ1v) is 6.03. The predicted molar refractivity (Wildman–Crippen MR) is 71.8 cm³/mol. The normalized spacial score (nSPS) is 17.3. The SMILES string of the molecule is CC1(C)OC(=O)c2c(/C=C/C=C/CO)cccc2O1. The van der Waals surface area contributed by atoms with Crippen LogP contribution in [-0.4, -0.2) is 23.5 Å². The summed E-state index contributed by atoms with van der Waals surface area (Å²) in [4.78, 5) is 12.0. The van der Waals surface area contributed by atoms with E-state index in [0.717, 1.165) is 5.56 Å². The zero-order chi connectivity index (χ0) is 13.9. The molecule has 1 aliphatic rings. The monoisotopic (exact) mass is 260 g/mol. The van der Waals surface area contributed by atoms with E-state index in [4.69, 9.17) is 14.6 Å². The topological polar surface area (TPSA) is 55.8 Å². The second-order valence-electron chi connectivity index (χ2n) is 4.58. The number of hydrogen-bond acceptors (Lipinski definition) is 4. The molecule has 4 nitrogen and oxygen atoms in total. The Kier molecular flexibility index (Phi) is 3.71. The minimum atomic E-state index is -0.941. The summed E-state index contributed by atoms with van der Waals surface area (Å²) in [5.41, 5.74) is 1.15. The Morgan fingerprint density at radius 3 is 2.79 bits per heavy atom. The van der Waals surface area contributed by atoms with Crippen LogP contribution in [0.1, 0.15) is 29.8 Å². The molecule has 0 aromatic heterocycles. The van der Waals surface area contributed by atoms with E-state index in [1.807, 2.05) is 12.1 Å². The third-order valence-corrected chi connectivity index (χ3v) is 2.59. The van der Waals surface area contributed by atoms with Crippen LogP contribution in [0.15, 0.2) is 36.4 Å². The fourth-order valence-corrected chi connectivity index (χ4v) is 1.85. The summed E-state index contributed by atoms with van der Waals surface area (Å²) in [6.45, 7) is 3.37. The van der Waals surface area contributed by atoms with Gasteiger partial charge in [0.15, 0.2) is 0 Å². The molecule has 0 atom stereocenters. The van der Waals surface area contributed by atoms with Gasteiger partial charge in [0.05, 0.1) is 6.61 Å². The van der Waals surface area contributed by atoms with Crippen LogP contribution in [0.3, 0.4) is 0 Å². The first-order chi connectivity index (χ1) is 9.03. The number of allylic oxidation sites excluding steroid dienone is 2. The zero-order valence-electron chi connectivity index (χ0n) is 10.9. The predicted octanol–water partition coefficient (Wildman–Crippen LogP) is 2.53. The van der Waals surface area contributed by atoms with Crippen LogP contribution in [0, 0.1) is 0 Å². The molecule has 1 N–H and O–H groups in total. The van der Waals surface area contributed by atoms with Gasteiger partial charge in [0.2, 0.25) is 5.79 Å². The van der Waals surface area contributed by atoms with Crippen molar-refractivity contribution in [2.75, 3.05) is 6.61 Å². The van der Waals surface area contributed by atoms with Gasteiger partial charge in [0.1, 0.15) is 11.3 Å². The highest BCUT2D eigenvalue weighted by Crippen LogP contribution is 2.33. The third kappa shape index (κ3) is 3.03. The summed E-state index contributed by atoms with van der Waals surface area (Å²) in [6.07, 6.45) is 6.83. The lowest BCUT2D eigenvalue weighted by atomic mass is 10.0. The molecule has 0 radical (unpaired) electrons. The average Bonchev–Trinajstić information content (AvgIpc) is 2.32. The molecule has 1 aliphatic heterocycles. The summed E-state index contributed by atoms with van der Waals surface area (Å²) < 4.78 is 10.8. The van der Waals surface area contributed by atoms with E-state index in [2.05, 4.69) is 0 Å². The fraction of sp³-hybridized carbons (Fsp3) is 0.267. The Hall–Kier alpha value is -2.07. The fourth-order valence-electron chi connectivity index (χ4n) is 1.85. The maximum Gasteiger partial charge on any atom is 0.345 e. The number of cyclic esters (lactones) is 1. The van der Waals surface area contributed by atoms with E-state index in [1.54, 1.807) is 44.2 Å². The molecule has 100 valence electrons. The molecule has 1 aromatic rings. The highest BCUT2D eigenvalue weighted by Gasteiger charge is 2.34. The molecular weight excluding hydrogens is 244 g/mol. The van der Waals surface area contributed by atoms with Gasteiger partial charge >= 0.3 is 5.97 Å². The first kappa shape index (κ1) is 13.4. The molecule has 1 aromatic carbocycles. The van der Waals surface area contributed by atoms with E-state index in [1.165, 1.54) is 0 Å². The van der Waals surface area contributed by atoms with Gasteiger partial charge in [-0.3, -0.25) is 0 Å². The Morgan fingerprint density at radius 1 is 1.26 bits per heavy atom. The van der Waals surface area contributed by atoms with Gasteiger partial charge in [-0.05, 0) is 11.6 Å². The maximum atomic E-state index is 12.0. The highest BCUT2D eigenvalue weighted by atomic mass is 16.7. The molecular formula is C15H16O4. The van der Waals surface area contributed by atoms with Gasteiger partial charge in [-0.2, -0.15) is 0 Å². The number of aliphatic hydroxyl groups is 1. The van der Waals surface area contributed by atoms with Crippen LogP contribution >= 0.6 is 0 Å². The summed E-state index contributed by atoms with van der Waals surface area (Å²) in [7, 11) is 0. The van der Waals surface area contributed by atoms with Crippen molar-refractivity contribution in [1.29, 1.82) is 0 Å². The third-order valence-electron chi connectivity index (χ3n) is 2.59. The number of carbonyl (C=O) groups is 1. The number of rotatable bonds is 3. The molecule has 1 heterocycles. The number of hydrogen-bond donors (Lipinski definition) is 1. The summed E-state index contributed by atoms with van der Waals surface area (Å²) in [5, 5.41) is 8.64. The lowest BCUT2D eigenvalue weighted by Crippen LogP contribution is -2.39. The van der Waals surface area contributed by atoms with Gasteiger partial charge in [0.25, 0.3) is 0 Å². The Balaban J connectivity index is 2.36. The largest absolute Gasteiger partial charge is 0.452 e. The molecule has 0 amide bonds. The van der Waals surface area contributed by atoms with Crippen molar-refractivity contribution in [2.45, 2.75) is 19.6 Å². The maximum absolute atomic E-state index is 12.0. The van der Waals surface area contributed by atoms with Gasteiger partial charge < -0.3 is 14.6 Å². The quantitative estimate of drug-likeness (QED) is 0.670. The van der Waals surface area contributed by atoms with E-state index in [0.29, 0.717) is 11.3 Å². The molecule has 0 unspecified atom stereocenters. The average molecular weight is 260 g/mol. The summed E-state index contributed by atoms with van der Waals surface area (Å²) in [6, 6.07) is 5.38. The number of aliphatic hydroxyl groups excluding tert-OH is 1. The van der Waals surface area contributed by atoms with Crippen LogP contribution in [0.25, 0.3) is 6.08 Å². The lowest BCUT2D eigenvalue weighted by Gasteiger charge is -2.32. The first-order valence-electron chi connectivity index (χ1n) is 6.03. The molecule has 0 fully saturated rings. The Labute approximate surface area is 112 Å². The van der Waals surface area contributed by atoms with Gasteiger partial charge in [-0.15, -0.1) is 0 Å². The van der Waals surface area contributed by atoms with Crippen molar-refractivity contribution in [2.24, 2.45) is 0 Å². The molecule has 2 rings (SSSR count).